The number of fused-ring (bicyclic) bond motifs is 1. The highest BCUT2D eigenvalue weighted by molar-refractivity contribution is 5.74. The molecule has 2 atom stereocenters. The second-order valence-electron chi connectivity index (χ2n) is 4.01. The van der Waals surface area contributed by atoms with Gasteiger partial charge >= 0.3 is 5.97 Å². The van der Waals surface area contributed by atoms with Crippen LogP contribution in [0.15, 0.2) is 23.9 Å². The monoisotopic (exact) mass is 193 g/mol. The van der Waals surface area contributed by atoms with Gasteiger partial charge in [-0.2, -0.15) is 0 Å². The first-order chi connectivity index (χ1) is 6.70. The average Bonchev–Trinajstić information content (AvgIpc) is 2.17. The highest BCUT2D eigenvalue weighted by atomic mass is 16.4. The summed E-state index contributed by atoms with van der Waals surface area (Å²) in [6.07, 6.45) is 8.81. The van der Waals surface area contributed by atoms with Crippen molar-refractivity contribution in [2.24, 2.45) is 5.92 Å². The zero-order chi connectivity index (χ0) is 10.1. The molecule has 0 aromatic carbocycles. The van der Waals surface area contributed by atoms with Gasteiger partial charge in [0.25, 0.3) is 0 Å². The molecular weight excluding hydrogens is 178 g/mol. The number of rotatable bonds is 1. The summed E-state index contributed by atoms with van der Waals surface area (Å²) in [5.74, 6) is -0.939. The fraction of sp³-hybridized carbons (Fsp3) is 0.545. The Hall–Kier alpha value is -1.25. The second-order valence-corrected chi connectivity index (χ2v) is 4.01. The molecule has 2 rings (SSSR count). The molecule has 3 heteroatoms. The molecule has 3 nitrogen and oxygen atoms in total. The minimum Gasteiger partial charge on any atom is -0.481 e. The van der Waals surface area contributed by atoms with Gasteiger partial charge in [-0.25, -0.2) is 0 Å². The molecule has 1 aliphatic carbocycles. The summed E-state index contributed by atoms with van der Waals surface area (Å²) in [5, 5.41) is 9.08. The topological polar surface area (TPSA) is 40.5 Å². The molecule has 1 saturated carbocycles. The summed E-state index contributed by atoms with van der Waals surface area (Å²) in [6.45, 7) is 0. The quantitative estimate of drug-likeness (QED) is 0.688. The maximum atomic E-state index is 11.0. The molecule has 1 aliphatic heterocycles. The van der Waals surface area contributed by atoms with E-state index in [4.69, 9.17) is 5.11 Å². The van der Waals surface area contributed by atoms with Crippen LogP contribution >= 0.6 is 0 Å². The Kier molecular flexibility index (Phi) is 2.32. The molecule has 2 unspecified atom stereocenters. The lowest BCUT2D eigenvalue weighted by Gasteiger charge is -2.37. The number of allylic oxidation sites excluding steroid dienone is 2. The molecule has 0 spiro atoms. The summed E-state index contributed by atoms with van der Waals surface area (Å²) < 4.78 is 0. The molecule has 14 heavy (non-hydrogen) atoms. The van der Waals surface area contributed by atoms with Crippen molar-refractivity contribution in [1.82, 2.24) is 4.90 Å². The maximum absolute atomic E-state index is 11.0. The molecule has 1 fully saturated rings. The van der Waals surface area contributed by atoms with E-state index in [0.29, 0.717) is 6.04 Å². The normalized spacial score (nSPS) is 30.9. The lowest BCUT2D eigenvalue weighted by molar-refractivity contribution is -0.141. The predicted octanol–water partition coefficient (Wildman–Crippen LogP) is 1.63. The lowest BCUT2D eigenvalue weighted by atomic mass is 9.79. The molecule has 2 aliphatic rings. The van der Waals surface area contributed by atoms with E-state index in [2.05, 4.69) is 4.90 Å². The molecule has 1 heterocycles. The minimum absolute atomic E-state index is 0.263. The summed E-state index contributed by atoms with van der Waals surface area (Å²) in [6, 6.07) is 0.315. The first kappa shape index (κ1) is 9.31. The van der Waals surface area contributed by atoms with Crippen LogP contribution in [0.3, 0.4) is 0 Å². The van der Waals surface area contributed by atoms with E-state index in [1.165, 1.54) is 0 Å². The van der Waals surface area contributed by atoms with Crippen LogP contribution in [0.1, 0.15) is 19.3 Å². The van der Waals surface area contributed by atoms with Gasteiger partial charge in [-0.15, -0.1) is 0 Å². The van der Waals surface area contributed by atoms with Gasteiger partial charge in [0, 0.05) is 7.05 Å². The number of carboxylic acids is 1. The Morgan fingerprint density at radius 2 is 2.36 bits per heavy atom. The fourth-order valence-corrected chi connectivity index (χ4v) is 2.41. The van der Waals surface area contributed by atoms with Gasteiger partial charge < -0.3 is 10.0 Å². The van der Waals surface area contributed by atoms with Crippen molar-refractivity contribution in [1.29, 1.82) is 0 Å². The number of hydrogen-bond donors (Lipinski definition) is 1. The zero-order valence-corrected chi connectivity index (χ0v) is 8.31. The second kappa shape index (κ2) is 3.48. The number of carbonyl (C=O) groups is 1. The van der Waals surface area contributed by atoms with E-state index < -0.39 is 5.97 Å². The number of carboxylic acid groups (broad SMARTS) is 1. The Labute approximate surface area is 83.7 Å². The Balaban J connectivity index is 2.27. The van der Waals surface area contributed by atoms with Crippen molar-refractivity contribution in [3.05, 3.63) is 23.9 Å². The molecule has 0 radical (unpaired) electrons. The summed E-state index contributed by atoms with van der Waals surface area (Å²) in [5.41, 5.74) is 1.08. The van der Waals surface area contributed by atoms with Gasteiger partial charge in [0.15, 0.2) is 0 Å². The summed E-state index contributed by atoms with van der Waals surface area (Å²) >= 11 is 0. The maximum Gasteiger partial charge on any atom is 0.310 e. The van der Waals surface area contributed by atoms with E-state index in [9.17, 15) is 4.79 Å². The average molecular weight is 193 g/mol. The summed E-state index contributed by atoms with van der Waals surface area (Å²) in [4.78, 5) is 13.1. The largest absolute Gasteiger partial charge is 0.481 e. The first-order valence-corrected chi connectivity index (χ1v) is 5.03. The van der Waals surface area contributed by atoms with Gasteiger partial charge in [-0.05, 0) is 37.1 Å². The van der Waals surface area contributed by atoms with E-state index in [1.54, 1.807) is 0 Å². The minimum atomic E-state index is -0.676. The third kappa shape index (κ3) is 1.43. The predicted molar refractivity (Wildman–Crippen MR) is 53.8 cm³/mol. The van der Waals surface area contributed by atoms with Crippen LogP contribution in [0.5, 0.6) is 0 Å². The zero-order valence-electron chi connectivity index (χ0n) is 8.31. The highest BCUT2D eigenvalue weighted by Crippen LogP contribution is 2.34. The van der Waals surface area contributed by atoms with Crippen LogP contribution < -0.4 is 0 Å². The number of hydrogen-bond acceptors (Lipinski definition) is 2. The Morgan fingerprint density at radius 3 is 3.07 bits per heavy atom. The van der Waals surface area contributed by atoms with Crippen molar-refractivity contribution in [2.75, 3.05) is 7.05 Å². The van der Waals surface area contributed by atoms with Gasteiger partial charge in [0.05, 0.1) is 12.0 Å². The first-order valence-electron chi connectivity index (χ1n) is 5.03. The Bertz CT molecular complexity index is 306. The van der Waals surface area contributed by atoms with Gasteiger partial charge in [-0.1, -0.05) is 6.08 Å². The van der Waals surface area contributed by atoms with Crippen LogP contribution in [0.2, 0.25) is 0 Å². The van der Waals surface area contributed by atoms with Crippen molar-refractivity contribution >= 4 is 5.97 Å². The van der Waals surface area contributed by atoms with Crippen molar-refractivity contribution < 1.29 is 9.90 Å². The van der Waals surface area contributed by atoms with E-state index >= 15 is 0 Å². The molecule has 0 aromatic rings. The third-order valence-corrected chi connectivity index (χ3v) is 3.16. The smallest absolute Gasteiger partial charge is 0.310 e. The van der Waals surface area contributed by atoms with Crippen LogP contribution in [0, 0.1) is 5.92 Å². The fourth-order valence-electron chi connectivity index (χ4n) is 2.41. The summed E-state index contributed by atoms with van der Waals surface area (Å²) in [7, 11) is 2.01. The van der Waals surface area contributed by atoms with E-state index in [-0.39, 0.29) is 5.92 Å². The van der Waals surface area contributed by atoms with Crippen LogP contribution in [-0.2, 0) is 4.79 Å². The third-order valence-electron chi connectivity index (χ3n) is 3.16. The highest BCUT2D eigenvalue weighted by Gasteiger charge is 2.34. The molecular formula is C11H15NO2. The van der Waals surface area contributed by atoms with Crippen LogP contribution in [-0.4, -0.2) is 29.1 Å². The van der Waals surface area contributed by atoms with Crippen molar-refractivity contribution in [3.63, 3.8) is 0 Å². The van der Waals surface area contributed by atoms with Crippen molar-refractivity contribution in [3.8, 4) is 0 Å². The van der Waals surface area contributed by atoms with Gasteiger partial charge in [0.1, 0.15) is 0 Å². The number of aliphatic carboxylic acids is 1. The molecule has 0 aromatic heterocycles. The lowest BCUT2D eigenvalue weighted by Crippen LogP contribution is -2.39. The van der Waals surface area contributed by atoms with Gasteiger partial charge in [0.2, 0.25) is 0 Å². The molecule has 76 valence electrons. The molecule has 0 saturated heterocycles. The van der Waals surface area contributed by atoms with Gasteiger partial charge in [-0.3, -0.25) is 4.79 Å². The standard InChI is InChI=1S/C11H15NO2/c1-12-7-3-5-8-9(11(13)14)4-2-6-10(8)12/h3,5,7,9-10H,2,4,6H2,1H3,(H,13,14). The molecule has 0 amide bonds. The number of likely N-dealkylation sites (N-methyl/N-ethyl adjacent to an activating group) is 1. The SMILES string of the molecule is CN1C=CC=C2C(C(=O)O)CCCC21. The molecule has 1 N–H and O–H groups in total. The number of nitrogens with zero attached hydrogens (tertiary/aromatic N) is 1. The van der Waals surface area contributed by atoms with Crippen LogP contribution in [0.4, 0.5) is 0 Å². The Morgan fingerprint density at radius 1 is 1.57 bits per heavy atom. The van der Waals surface area contributed by atoms with Crippen LogP contribution in [0.25, 0.3) is 0 Å². The van der Waals surface area contributed by atoms with Crippen molar-refractivity contribution in [2.45, 2.75) is 25.3 Å². The van der Waals surface area contributed by atoms with E-state index in [0.717, 1.165) is 24.8 Å². The van der Waals surface area contributed by atoms with E-state index in [1.807, 2.05) is 25.4 Å². The molecule has 0 bridgehead atoms.